The zero-order valence-electron chi connectivity index (χ0n) is 10.5. The van der Waals surface area contributed by atoms with Gasteiger partial charge in [-0.2, -0.15) is 0 Å². The maximum absolute atomic E-state index is 13.2. The summed E-state index contributed by atoms with van der Waals surface area (Å²) in [4.78, 5) is 24.1. The summed E-state index contributed by atoms with van der Waals surface area (Å²) in [5.41, 5.74) is -0.289. The van der Waals surface area contributed by atoms with Gasteiger partial charge >= 0.3 is 5.97 Å². The Bertz CT molecular complexity index is 555. The van der Waals surface area contributed by atoms with E-state index in [9.17, 15) is 18.4 Å². The summed E-state index contributed by atoms with van der Waals surface area (Å²) in [7, 11) is 1.42. The average Bonchev–Trinajstić information content (AvgIpc) is 2.29. The molecule has 1 N–H and O–H groups in total. The first kappa shape index (κ1) is 14.8. The number of carbonyl (C=O) groups is 2. The van der Waals surface area contributed by atoms with Crippen LogP contribution in [0.2, 0.25) is 0 Å². The number of amides is 1. The molecule has 0 spiro atoms. The second-order valence-electron chi connectivity index (χ2n) is 4.24. The fourth-order valence-electron chi connectivity index (χ4n) is 1.58. The Kier molecular flexibility index (Phi) is 4.37. The predicted octanol–water partition coefficient (Wildman–Crippen LogP) is 2.31. The topological polar surface area (TPSA) is 57.6 Å². The molecule has 0 saturated carbocycles. The van der Waals surface area contributed by atoms with E-state index in [1.807, 2.05) is 0 Å². The lowest BCUT2D eigenvalue weighted by atomic mass is 10.1. The Balaban J connectivity index is 3.25. The van der Waals surface area contributed by atoms with Crippen molar-refractivity contribution in [1.82, 2.24) is 4.90 Å². The standard InChI is InChI=1S/C13H13F2NO3/c1-7(2)6-16(3)12(17)8-4-10(14)11(15)5-9(8)13(18)19/h4-5H,1,6H2,2-3H3,(H,18,19). The van der Waals surface area contributed by atoms with Crippen molar-refractivity contribution in [2.75, 3.05) is 13.6 Å². The number of hydrogen-bond donors (Lipinski definition) is 1. The number of benzene rings is 1. The van der Waals surface area contributed by atoms with Crippen molar-refractivity contribution in [3.05, 3.63) is 47.0 Å². The molecule has 0 aliphatic carbocycles. The van der Waals surface area contributed by atoms with Gasteiger partial charge in [0.25, 0.3) is 5.91 Å². The van der Waals surface area contributed by atoms with Gasteiger partial charge in [0.15, 0.2) is 11.6 Å². The van der Waals surface area contributed by atoms with Gasteiger partial charge in [0.05, 0.1) is 11.1 Å². The maximum Gasteiger partial charge on any atom is 0.336 e. The van der Waals surface area contributed by atoms with Crippen LogP contribution in [0, 0.1) is 11.6 Å². The first-order chi connectivity index (χ1) is 8.73. The van der Waals surface area contributed by atoms with E-state index in [-0.39, 0.29) is 6.54 Å². The van der Waals surface area contributed by atoms with Crippen LogP contribution in [0.25, 0.3) is 0 Å². The van der Waals surface area contributed by atoms with Crippen molar-refractivity contribution in [3.8, 4) is 0 Å². The summed E-state index contributed by atoms with van der Waals surface area (Å²) in [5.74, 6) is -4.78. The Morgan fingerprint density at radius 3 is 2.16 bits per heavy atom. The number of nitrogens with zero attached hydrogens (tertiary/aromatic N) is 1. The first-order valence-electron chi connectivity index (χ1n) is 5.36. The highest BCUT2D eigenvalue weighted by Gasteiger charge is 2.22. The molecule has 0 aliphatic heterocycles. The van der Waals surface area contributed by atoms with Crippen LogP contribution in [0.4, 0.5) is 8.78 Å². The van der Waals surface area contributed by atoms with Crippen molar-refractivity contribution in [3.63, 3.8) is 0 Å². The van der Waals surface area contributed by atoms with E-state index in [1.165, 1.54) is 11.9 Å². The Labute approximate surface area is 109 Å². The van der Waals surface area contributed by atoms with Crippen LogP contribution in [0.3, 0.4) is 0 Å². The predicted molar refractivity (Wildman–Crippen MR) is 65.1 cm³/mol. The van der Waals surface area contributed by atoms with Crippen LogP contribution in [0.5, 0.6) is 0 Å². The fourth-order valence-corrected chi connectivity index (χ4v) is 1.58. The van der Waals surface area contributed by atoms with Crippen LogP contribution in [0.1, 0.15) is 27.6 Å². The molecular formula is C13H13F2NO3. The van der Waals surface area contributed by atoms with Crippen molar-refractivity contribution >= 4 is 11.9 Å². The number of hydrogen-bond acceptors (Lipinski definition) is 2. The molecule has 4 nitrogen and oxygen atoms in total. The summed E-state index contributed by atoms with van der Waals surface area (Å²) < 4.78 is 26.2. The van der Waals surface area contributed by atoms with Gasteiger partial charge in [-0.1, -0.05) is 12.2 Å². The van der Waals surface area contributed by atoms with Crippen molar-refractivity contribution in [2.24, 2.45) is 0 Å². The van der Waals surface area contributed by atoms with Gasteiger partial charge in [-0.25, -0.2) is 13.6 Å². The number of aromatic carboxylic acids is 1. The van der Waals surface area contributed by atoms with Gasteiger partial charge < -0.3 is 10.0 Å². The van der Waals surface area contributed by atoms with Gasteiger partial charge in [-0.05, 0) is 19.1 Å². The first-order valence-corrected chi connectivity index (χ1v) is 5.36. The molecule has 0 saturated heterocycles. The zero-order valence-corrected chi connectivity index (χ0v) is 10.5. The molecule has 102 valence electrons. The molecule has 0 atom stereocenters. The third kappa shape index (κ3) is 3.37. The molecular weight excluding hydrogens is 256 g/mol. The third-order valence-corrected chi connectivity index (χ3v) is 2.38. The highest BCUT2D eigenvalue weighted by molar-refractivity contribution is 6.04. The SMILES string of the molecule is C=C(C)CN(C)C(=O)c1cc(F)c(F)cc1C(=O)O. The van der Waals surface area contributed by atoms with E-state index in [2.05, 4.69) is 6.58 Å². The lowest BCUT2D eigenvalue weighted by molar-refractivity contribution is 0.0682. The average molecular weight is 269 g/mol. The van der Waals surface area contributed by atoms with E-state index < -0.39 is 34.6 Å². The van der Waals surface area contributed by atoms with E-state index in [0.29, 0.717) is 17.7 Å². The summed E-state index contributed by atoms with van der Waals surface area (Å²) in [6, 6.07) is 1.09. The van der Waals surface area contributed by atoms with Crippen molar-refractivity contribution < 1.29 is 23.5 Å². The third-order valence-electron chi connectivity index (χ3n) is 2.38. The van der Waals surface area contributed by atoms with Crippen LogP contribution in [-0.4, -0.2) is 35.5 Å². The summed E-state index contributed by atoms with van der Waals surface area (Å²) in [6.45, 7) is 5.50. The van der Waals surface area contributed by atoms with Crippen LogP contribution >= 0.6 is 0 Å². The van der Waals surface area contributed by atoms with E-state index in [0.717, 1.165) is 0 Å². The monoisotopic (exact) mass is 269 g/mol. The molecule has 1 aromatic rings. The summed E-state index contributed by atoms with van der Waals surface area (Å²) in [5, 5.41) is 8.92. The summed E-state index contributed by atoms with van der Waals surface area (Å²) in [6.07, 6.45) is 0. The number of halogens is 2. The molecule has 1 aromatic carbocycles. The molecule has 0 fully saturated rings. The van der Waals surface area contributed by atoms with Gasteiger partial charge in [-0.3, -0.25) is 4.79 Å². The second-order valence-corrected chi connectivity index (χ2v) is 4.24. The van der Waals surface area contributed by atoms with Crippen LogP contribution < -0.4 is 0 Å². The highest BCUT2D eigenvalue weighted by Crippen LogP contribution is 2.17. The molecule has 0 radical (unpaired) electrons. The molecule has 0 unspecified atom stereocenters. The molecule has 1 rings (SSSR count). The van der Waals surface area contributed by atoms with Gasteiger partial charge in [0.1, 0.15) is 0 Å². The van der Waals surface area contributed by atoms with Crippen LogP contribution in [0.15, 0.2) is 24.3 Å². The molecule has 0 aromatic heterocycles. The smallest absolute Gasteiger partial charge is 0.336 e. The number of rotatable bonds is 4. The number of carboxylic acid groups (broad SMARTS) is 1. The normalized spacial score (nSPS) is 10.1. The number of likely N-dealkylation sites (N-methyl/N-ethyl adjacent to an activating group) is 1. The van der Waals surface area contributed by atoms with Gasteiger partial charge in [0, 0.05) is 13.6 Å². The van der Waals surface area contributed by atoms with Crippen molar-refractivity contribution in [1.29, 1.82) is 0 Å². The minimum atomic E-state index is -1.49. The van der Waals surface area contributed by atoms with E-state index >= 15 is 0 Å². The number of carboxylic acids is 1. The largest absolute Gasteiger partial charge is 0.478 e. The molecule has 0 heterocycles. The molecule has 6 heteroatoms. The molecule has 1 amide bonds. The molecule has 19 heavy (non-hydrogen) atoms. The molecule has 0 bridgehead atoms. The fraction of sp³-hybridized carbons (Fsp3) is 0.231. The summed E-state index contributed by atoms with van der Waals surface area (Å²) >= 11 is 0. The minimum absolute atomic E-state index is 0.191. The highest BCUT2D eigenvalue weighted by atomic mass is 19.2. The Morgan fingerprint density at radius 1 is 1.26 bits per heavy atom. The van der Waals surface area contributed by atoms with Crippen molar-refractivity contribution in [2.45, 2.75) is 6.92 Å². The van der Waals surface area contributed by atoms with Gasteiger partial charge in [-0.15, -0.1) is 0 Å². The lowest BCUT2D eigenvalue weighted by Crippen LogP contribution is -2.29. The quantitative estimate of drug-likeness (QED) is 0.853. The zero-order chi connectivity index (χ0) is 14.7. The maximum atomic E-state index is 13.2. The minimum Gasteiger partial charge on any atom is -0.478 e. The van der Waals surface area contributed by atoms with E-state index in [1.54, 1.807) is 6.92 Å². The van der Waals surface area contributed by atoms with Crippen LogP contribution in [-0.2, 0) is 0 Å². The lowest BCUT2D eigenvalue weighted by Gasteiger charge is -2.18. The van der Waals surface area contributed by atoms with E-state index in [4.69, 9.17) is 5.11 Å². The van der Waals surface area contributed by atoms with Gasteiger partial charge in [0.2, 0.25) is 0 Å². The second kappa shape index (κ2) is 5.60. The number of carbonyl (C=O) groups excluding carboxylic acids is 1. The molecule has 0 aliphatic rings. The Hall–Kier alpha value is -2.24. The Morgan fingerprint density at radius 2 is 1.74 bits per heavy atom.